The van der Waals surface area contributed by atoms with Crippen LogP contribution in [0.25, 0.3) is 0 Å². The van der Waals surface area contributed by atoms with Gasteiger partial charge in [0.2, 0.25) is 5.91 Å². The van der Waals surface area contributed by atoms with Crippen molar-refractivity contribution in [3.8, 4) is 0 Å². The molecule has 0 spiro atoms. The molecule has 0 radical (unpaired) electrons. The van der Waals surface area contributed by atoms with E-state index in [1.165, 1.54) is 44.9 Å². The Morgan fingerprint density at radius 1 is 0.521 bits per heavy atom. The van der Waals surface area contributed by atoms with Gasteiger partial charge in [0, 0.05) is 6.42 Å². The summed E-state index contributed by atoms with van der Waals surface area (Å²) in [4.78, 5) is 25.5. The molecule has 4 unspecified atom stereocenters. The fourth-order valence-electron chi connectivity index (χ4n) is 7.10. The summed E-state index contributed by atoms with van der Waals surface area (Å²) in [5.41, 5.74) is 0. The molecular weight excluding hydrogens is 904 g/mol. The molecule has 0 heterocycles. The zero-order valence-corrected chi connectivity index (χ0v) is 46.4. The van der Waals surface area contributed by atoms with E-state index in [0.717, 1.165) is 103 Å². The van der Waals surface area contributed by atoms with Crippen molar-refractivity contribution in [1.82, 2.24) is 5.32 Å². The van der Waals surface area contributed by atoms with Crippen LogP contribution in [-0.2, 0) is 18.4 Å². The highest BCUT2D eigenvalue weighted by atomic mass is 31.2. The number of phosphoric ester groups is 1. The Hall–Kier alpha value is -3.40. The molecular formula is C61H103N2O7P. The molecule has 3 N–H and O–H groups in total. The molecule has 0 saturated heterocycles. The Balaban J connectivity index is 4.34. The number of likely N-dealkylation sites (N-methyl/N-ethyl adjacent to an activating group) is 1. The van der Waals surface area contributed by atoms with E-state index in [2.05, 4.69) is 153 Å². The number of phosphoric acid groups is 1. The summed E-state index contributed by atoms with van der Waals surface area (Å²) >= 11 is 0. The molecule has 9 nitrogen and oxygen atoms in total. The van der Waals surface area contributed by atoms with Gasteiger partial charge in [-0.25, -0.2) is 0 Å². The van der Waals surface area contributed by atoms with Gasteiger partial charge in [0.15, 0.2) is 0 Å². The predicted molar refractivity (Wildman–Crippen MR) is 303 cm³/mol. The third-order valence-electron chi connectivity index (χ3n) is 11.5. The molecule has 404 valence electrons. The lowest BCUT2D eigenvalue weighted by atomic mass is 10.0. The van der Waals surface area contributed by atoms with Crippen LogP contribution < -0.4 is 10.2 Å². The average molecular weight is 1010 g/mol. The summed E-state index contributed by atoms with van der Waals surface area (Å²) in [5, 5.41) is 24.6. The van der Waals surface area contributed by atoms with Gasteiger partial charge >= 0.3 is 0 Å². The lowest BCUT2D eigenvalue weighted by Crippen LogP contribution is -2.51. The van der Waals surface area contributed by atoms with Crippen molar-refractivity contribution in [2.75, 3.05) is 40.9 Å². The fraction of sp³-hybridized carbons (Fsp3) is 0.623. The van der Waals surface area contributed by atoms with Crippen molar-refractivity contribution in [2.45, 2.75) is 205 Å². The summed E-state index contributed by atoms with van der Waals surface area (Å²) in [5.74, 6) is -0.320. The molecule has 0 aliphatic heterocycles. The van der Waals surface area contributed by atoms with Crippen molar-refractivity contribution < 1.29 is 38.0 Å². The number of aliphatic hydroxyl groups excluding tert-OH is 2. The van der Waals surface area contributed by atoms with Gasteiger partial charge in [-0.2, -0.15) is 0 Å². The molecule has 4 atom stereocenters. The Bertz CT molecular complexity index is 1630. The van der Waals surface area contributed by atoms with Gasteiger partial charge in [-0.1, -0.05) is 199 Å². The largest absolute Gasteiger partial charge is 0.756 e. The Morgan fingerprint density at radius 2 is 0.887 bits per heavy atom. The standard InChI is InChI=1S/C61H103N2O7P/c1-6-8-10-12-14-16-18-20-21-22-23-24-25-26-27-28-29-30-31-32-33-34-35-36-37-38-39-40-41-42-44-46-48-50-52-54-60(65)62-58(57-70-71(67,68)69-56-55-63(3,4)5)61(66)59(64)53-51-49-47-45-43-19-17-15-13-11-9-7-2/h8,10,14,16,20-21,23-24,26-27,29-30,32-33,35-36,38-39,41-42,45,47,58-59,61,64,66H,6-7,9,11-13,15,17-19,22,25,28,31,34,37,40,43-44,46,48-57H2,1-5H3,(H-,62,65,67,68)/b10-8-,16-14-,21-20-,24-23-,27-26-,30-29-,33-32-,36-35-,39-38-,42-41-,47-45+. The maximum Gasteiger partial charge on any atom is 0.268 e. The fourth-order valence-corrected chi connectivity index (χ4v) is 7.83. The topological polar surface area (TPSA) is 128 Å². The number of amides is 1. The number of hydrogen-bond donors (Lipinski definition) is 3. The number of nitrogens with one attached hydrogen (secondary N) is 1. The van der Waals surface area contributed by atoms with Crippen LogP contribution in [0.3, 0.4) is 0 Å². The van der Waals surface area contributed by atoms with E-state index in [0.29, 0.717) is 30.3 Å². The first-order valence-electron chi connectivity index (χ1n) is 27.6. The highest BCUT2D eigenvalue weighted by Crippen LogP contribution is 2.38. The number of quaternary nitrogens is 1. The number of unbranched alkanes of at least 4 members (excludes halogenated alkanes) is 12. The van der Waals surface area contributed by atoms with Gasteiger partial charge in [-0.05, 0) is 116 Å². The van der Waals surface area contributed by atoms with Crippen LogP contribution in [-0.4, -0.2) is 79.8 Å². The Morgan fingerprint density at radius 3 is 1.31 bits per heavy atom. The number of rotatable bonds is 48. The highest BCUT2D eigenvalue weighted by Gasteiger charge is 2.29. The van der Waals surface area contributed by atoms with Crippen molar-refractivity contribution in [2.24, 2.45) is 0 Å². The summed E-state index contributed by atoms with van der Waals surface area (Å²) in [6, 6.07) is -1.11. The van der Waals surface area contributed by atoms with Gasteiger partial charge in [-0.15, -0.1) is 0 Å². The highest BCUT2D eigenvalue weighted by molar-refractivity contribution is 7.45. The number of aliphatic hydroxyl groups is 2. The first kappa shape index (κ1) is 67.6. The van der Waals surface area contributed by atoms with Crippen molar-refractivity contribution in [1.29, 1.82) is 0 Å². The number of carbonyl (C=O) groups excluding carboxylic acids is 1. The van der Waals surface area contributed by atoms with Gasteiger partial charge in [-0.3, -0.25) is 9.36 Å². The molecule has 0 rings (SSSR count). The molecule has 0 bridgehead atoms. The molecule has 71 heavy (non-hydrogen) atoms. The van der Waals surface area contributed by atoms with Crippen LogP contribution in [0.2, 0.25) is 0 Å². The van der Waals surface area contributed by atoms with Gasteiger partial charge in [0.25, 0.3) is 7.82 Å². The first-order chi connectivity index (χ1) is 34.4. The van der Waals surface area contributed by atoms with Crippen LogP contribution in [0.4, 0.5) is 0 Å². The van der Waals surface area contributed by atoms with Crippen molar-refractivity contribution >= 4 is 13.7 Å². The first-order valence-corrected chi connectivity index (χ1v) is 29.1. The molecule has 10 heteroatoms. The SMILES string of the molecule is CC/C=C\C/C=C\C/C=C\C/C=C\C/C=C\C/C=C\C/C=C\C/C=C\C/C=C\C/C=C\CCCCCCC(=O)NC(COP(=O)([O-])OCC[N+](C)(C)C)C(O)C(O)CCC/C=C/CCCCCCCCC. The Kier molecular flexibility index (Phi) is 47.7. The van der Waals surface area contributed by atoms with E-state index in [4.69, 9.17) is 9.05 Å². The van der Waals surface area contributed by atoms with E-state index >= 15 is 0 Å². The minimum absolute atomic E-state index is 0.0591. The minimum Gasteiger partial charge on any atom is -0.756 e. The monoisotopic (exact) mass is 1010 g/mol. The molecule has 0 aromatic rings. The average Bonchev–Trinajstić information content (AvgIpc) is 3.33. The van der Waals surface area contributed by atoms with Gasteiger partial charge < -0.3 is 34.0 Å². The van der Waals surface area contributed by atoms with Crippen LogP contribution in [0, 0.1) is 0 Å². The zero-order chi connectivity index (χ0) is 52.2. The molecule has 0 aliphatic rings. The molecule has 0 saturated carbocycles. The van der Waals surface area contributed by atoms with Crippen LogP contribution in [0.1, 0.15) is 187 Å². The number of hydrogen-bond acceptors (Lipinski definition) is 7. The smallest absolute Gasteiger partial charge is 0.268 e. The lowest BCUT2D eigenvalue weighted by molar-refractivity contribution is -0.870. The van der Waals surface area contributed by atoms with E-state index in [-0.39, 0.29) is 18.9 Å². The van der Waals surface area contributed by atoms with Crippen LogP contribution in [0.15, 0.2) is 134 Å². The summed E-state index contributed by atoms with van der Waals surface area (Å²) in [6.07, 6.45) is 72.3. The van der Waals surface area contributed by atoms with Gasteiger partial charge in [0.05, 0.1) is 39.9 Å². The van der Waals surface area contributed by atoms with E-state index in [9.17, 15) is 24.5 Å². The van der Waals surface area contributed by atoms with Crippen molar-refractivity contribution in [3.05, 3.63) is 134 Å². The van der Waals surface area contributed by atoms with Crippen LogP contribution >= 0.6 is 7.82 Å². The molecule has 0 aliphatic carbocycles. The van der Waals surface area contributed by atoms with E-state index in [1.54, 1.807) is 0 Å². The molecule has 0 fully saturated rings. The molecule has 0 aromatic heterocycles. The quantitative estimate of drug-likeness (QED) is 0.0240. The predicted octanol–water partition coefficient (Wildman–Crippen LogP) is 15.1. The van der Waals surface area contributed by atoms with Crippen LogP contribution in [0.5, 0.6) is 0 Å². The van der Waals surface area contributed by atoms with Crippen molar-refractivity contribution in [3.63, 3.8) is 0 Å². The maximum absolute atomic E-state index is 13.0. The second-order valence-corrected chi connectivity index (χ2v) is 20.7. The molecule has 0 aromatic carbocycles. The van der Waals surface area contributed by atoms with E-state index < -0.39 is 32.7 Å². The zero-order valence-electron chi connectivity index (χ0n) is 45.5. The normalized spacial score (nSPS) is 15.4. The number of carbonyl (C=O) groups is 1. The lowest BCUT2D eigenvalue weighted by Gasteiger charge is -2.31. The summed E-state index contributed by atoms with van der Waals surface area (Å²) in [7, 11) is 1.07. The van der Waals surface area contributed by atoms with E-state index in [1.807, 2.05) is 21.1 Å². The number of allylic oxidation sites excluding steroid dienone is 22. The summed E-state index contributed by atoms with van der Waals surface area (Å²) in [6.45, 7) is 4.25. The Labute approximate surface area is 435 Å². The summed E-state index contributed by atoms with van der Waals surface area (Å²) < 4.78 is 23.2. The third kappa shape index (κ3) is 51.3. The number of nitrogens with zero attached hydrogens (tertiary/aromatic N) is 1. The maximum atomic E-state index is 13.0. The second-order valence-electron chi connectivity index (χ2n) is 19.3. The third-order valence-corrected chi connectivity index (χ3v) is 12.4. The minimum atomic E-state index is -4.69. The molecule has 1 amide bonds. The van der Waals surface area contributed by atoms with Gasteiger partial charge in [0.1, 0.15) is 19.3 Å². The second kappa shape index (κ2) is 50.1.